The fourth-order valence-corrected chi connectivity index (χ4v) is 3.74. The Bertz CT molecular complexity index is 1170. The number of esters is 1. The first-order valence-electron chi connectivity index (χ1n) is 9.19. The number of hydrogen-bond donors (Lipinski definition) is 2. The maximum atomic E-state index is 13.0. The minimum Gasteiger partial charge on any atom is -0.457 e. The number of nitrogen functional groups attached to an aromatic ring is 1. The van der Waals surface area contributed by atoms with Crippen molar-refractivity contribution >= 4 is 33.4 Å². The second kappa shape index (κ2) is 9.47. The molecule has 11 heteroatoms. The number of anilines is 3. The van der Waals surface area contributed by atoms with Crippen LogP contribution in [-0.2, 0) is 26.0 Å². The predicted octanol–water partition coefficient (Wildman–Crippen LogP) is 2.55. The van der Waals surface area contributed by atoms with Crippen LogP contribution in [-0.4, -0.2) is 35.1 Å². The standard InChI is InChI=1S/C20H20FN5O4S/c1-13-2-8-16(9-3-13)31(28,29)11-10-18(27)30-12-17-24-19(22)26-20(25-17)23-15-6-4-14(21)5-7-15/h2-9H,10-12H2,1H3,(H3,22,23,24,25,26). The molecule has 31 heavy (non-hydrogen) atoms. The molecule has 3 rings (SSSR count). The first-order chi connectivity index (χ1) is 14.7. The number of carbonyl (C=O) groups is 1. The van der Waals surface area contributed by atoms with Crippen LogP contribution < -0.4 is 11.1 Å². The van der Waals surface area contributed by atoms with Crippen LogP contribution in [0.2, 0.25) is 0 Å². The fraction of sp³-hybridized carbons (Fsp3) is 0.200. The van der Waals surface area contributed by atoms with Crippen molar-refractivity contribution in [2.75, 3.05) is 16.8 Å². The van der Waals surface area contributed by atoms with Gasteiger partial charge in [0.25, 0.3) is 0 Å². The summed E-state index contributed by atoms with van der Waals surface area (Å²) in [7, 11) is -3.60. The molecular formula is C20H20FN5O4S. The molecule has 0 aliphatic heterocycles. The van der Waals surface area contributed by atoms with Crippen LogP contribution in [0.1, 0.15) is 17.8 Å². The average Bonchev–Trinajstić information content (AvgIpc) is 2.72. The van der Waals surface area contributed by atoms with E-state index in [0.717, 1.165) is 5.56 Å². The van der Waals surface area contributed by atoms with E-state index < -0.39 is 21.6 Å². The minimum atomic E-state index is -3.60. The van der Waals surface area contributed by atoms with Crippen LogP contribution >= 0.6 is 0 Å². The molecule has 3 aromatic rings. The van der Waals surface area contributed by atoms with Gasteiger partial charge in [-0.25, -0.2) is 12.8 Å². The van der Waals surface area contributed by atoms with Crippen LogP contribution in [0, 0.1) is 12.7 Å². The van der Waals surface area contributed by atoms with E-state index in [1.165, 1.54) is 36.4 Å². The molecule has 0 saturated heterocycles. The van der Waals surface area contributed by atoms with Crippen LogP contribution in [0.15, 0.2) is 53.4 Å². The van der Waals surface area contributed by atoms with Gasteiger partial charge in [-0.3, -0.25) is 4.79 Å². The van der Waals surface area contributed by atoms with Gasteiger partial charge in [-0.2, -0.15) is 15.0 Å². The highest BCUT2D eigenvalue weighted by Gasteiger charge is 2.17. The summed E-state index contributed by atoms with van der Waals surface area (Å²) in [6.07, 6.45) is -0.322. The van der Waals surface area contributed by atoms with Gasteiger partial charge < -0.3 is 15.8 Å². The maximum Gasteiger partial charge on any atom is 0.307 e. The van der Waals surface area contributed by atoms with Crippen LogP contribution in [0.4, 0.5) is 22.0 Å². The number of nitrogens with zero attached hydrogens (tertiary/aromatic N) is 3. The lowest BCUT2D eigenvalue weighted by Crippen LogP contribution is -2.15. The lowest BCUT2D eigenvalue weighted by molar-refractivity contribution is -0.144. The van der Waals surface area contributed by atoms with Crippen molar-refractivity contribution in [1.82, 2.24) is 15.0 Å². The average molecular weight is 445 g/mol. The second-order valence-electron chi connectivity index (χ2n) is 6.61. The van der Waals surface area contributed by atoms with Gasteiger partial charge >= 0.3 is 5.97 Å². The monoisotopic (exact) mass is 445 g/mol. The molecule has 0 amide bonds. The Morgan fingerprint density at radius 2 is 1.74 bits per heavy atom. The fourth-order valence-electron chi connectivity index (χ4n) is 2.52. The van der Waals surface area contributed by atoms with E-state index in [-0.39, 0.29) is 41.4 Å². The summed E-state index contributed by atoms with van der Waals surface area (Å²) in [5.74, 6) is -1.43. The number of rotatable bonds is 8. The molecule has 0 radical (unpaired) electrons. The smallest absolute Gasteiger partial charge is 0.307 e. The lowest BCUT2D eigenvalue weighted by Gasteiger charge is -2.08. The van der Waals surface area contributed by atoms with Crippen LogP contribution in [0.5, 0.6) is 0 Å². The molecule has 0 saturated carbocycles. The summed E-state index contributed by atoms with van der Waals surface area (Å²) in [6.45, 7) is 1.54. The number of aryl methyl sites for hydroxylation is 1. The summed E-state index contributed by atoms with van der Waals surface area (Å²) in [5, 5.41) is 2.84. The third kappa shape index (κ3) is 6.44. The van der Waals surface area contributed by atoms with Gasteiger partial charge in [0.05, 0.1) is 17.1 Å². The zero-order chi connectivity index (χ0) is 22.4. The largest absolute Gasteiger partial charge is 0.457 e. The van der Waals surface area contributed by atoms with Crippen molar-refractivity contribution in [2.45, 2.75) is 24.8 Å². The Morgan fingerprint density at radius 3 is 2.42 bits per heavy atom. The first-order valence-corrected chi connectivity index (χ1v) is 10.8. The van der Waals surface area contributed by atoms with Crippen molar-refractivity contribution in [1.29, 1.82) is 0 Å². The third-order valence-electron chi connectivity index (χ3n) is 4.12. The molecule has 0 aliphatic rings. The van der Waals surface area contributed by atoms with Crippen molar-refractivity contribution in [3.05, 3.63) is 65.7 Å². The molecule has 1 aromatic heterocycles. The molecule has 2 aromatic carbocycles. The number of benzene rings is 2. The summed E-state index contributed by atoms with van der Waals surface area (Å²) in [5.41, 5.74) is 7.11. The minimum absolute atomic E-state index is 0.0758. The van der Waals surface area contributed by atoms with Gasteiger partial charge in [0.15, 0.2) is 22.3 Å². The Hall–Kier alpha value is -3.60. The Labute approximate surface area is 178 Å². The third-order valence-corrected chi connectivity index (χ3v) is 5.85. The molecule has 0 atom stereocenters. The lowest BCUT2D eigenvalue weighted by atomic mass is 10.2. The molecule has 0 spiro atoms. The van der Waals surface area contributed by atoms with Gasteiger partial charge in [0.1, 0.15) is 5.82 Å². The number of nitrogens with two attached hydrogens (primary N) is 1. The van der Waals surface area contributed by atoms with E-state index >= 15 is 0 Å². The number of nitrogens with one attached hydrogen (secondary N) is 1. The van der Waals surface area contributed by atoms with Gasteiger partial charge in [-0.05, 0) is 43.3 Å². The number of ether oxygens (including phenoxy) is 1. The highest BCUT2D eigenvalue weighted by Crippen LogP contribution is 2.15. The van der Waals surface area contributed by atoms with Gasteiger partial charge in [0.2, 0.25) is 11.9 Å². The van der Waals surface area contributed by atoms with E-state index in [1.54, 1.807) is 12.1 Å². The number of halogens is 1. The molecular weight excluding hydrogens is 425 g/mol. The zero-order valence-electron chi connectivity index (χ0n) is 16.6. The first kappa shape index (κ1) is 22.1. The zero-order valence-corrected chi connectivity index (χ0v) is 17.4. The molecule has 162 valence electrons. The predicted molar refractivity (Wildman–Crippen MR) is 112 cm³/mol. The number of carbonyl (C=O) groups excluding carboxylic acids is 1. The van der Waals surface area contributed by atoms with Crippen molar-refractivity contribution in [3.8, 4) is 0 Å². The molecule has 9 nitrogen and oxygen atoms in total. The van der Waals surface area contributed by atoms with Gasteiger partial charge in [-0.15, -0.1) is 0 Å². The highest BCUT2D eigenvalue weighted by molar-refractivity contribution is 7.91. The van der Waals surface area contributed by atoms with E-state index in [1.807, 2.05) is 6.92 Å². The number of aromatic nitrogens is 3. The van der Waals surface area contributed by atoms with E-state index in [4.69, 9.17) is 10.5 Å². The van der Waals surface area contributed by atoms with Crippen molar-refractivity contribution < 1.29 is 22.3 Å². The normalized spacial score (nSPS) is 11.2. The van der Waals surface area contributed by atoms with Gasteiger partial charge in [0, 0.05) is 5.69 Å². The summed E-state index contributed by atoms with van der Waals surface area (Å²) < 4.78 is 42.7. The van der Waals surface area contributed by atoms with E-state index in [2.05, 4.69) is 20.3 Å². The quantitative estimate of drug-likeness (QED) is 0.501. The molecule has 0 bridgehead atoms. The summed E-state index contributed by atoms with van der Waals surface area (Å²) in [4.78, 5) is 24.0. The van der Waals surface area contributed by atoms with Gasteiger partial charge in [-0.1, -0.05) is 17.7 Å². The summed E-state index contributed by atoms with van der Waals surface area (Å²) >= 11 is 0. The van der Waals surface area contributed by atoms with Crippen molar-refractivity contribution in [3.63, 3.8) is 0 Å². The molecule has 1 heterocycles. The Kier molecular flexibility index (Phi) is 6.75. The number of hydrogen-bond acceptors (Lipinski definition) is 9. The van der Waals surface area contributed by atoms with E-state index in [0.29, 0.717) is 5.69 Å². The summed E-state index contributed by atoms with van der Waals surface area (Å²) in [6, 6.07) is 11.9. The molecule has 0 fully saturated rings. The molecule has 3 N–H and O–H groups in total. The Balaban J connectivity index is 1.56. The maximum absolute atomic E-state index is 13.0. The highest BCUT2D eigenvalue weighted by atomic mass is 32.2. The van der Waals surface area contributed by atoms with E-state index in [9.17, 15) is 17.6 Å². The topological polar surface area (TPSA) is 137 Å². The SMILES string of the molecule is Cc1ccc(S(=O)(=O)CCC(=O)OCc2nc(N)nc(Nc3ccc(F)cc3)n2)cc1. The molecule has 0 unspecified atom stereocenters. The van der Waals surface area contributed by atoms with Crippen LogP contribution in [0.3, 0.4) is 0 Å². The number of sulfone groups is 1. The van der Waals surface area contributed by atoms with Crippen molar-refractivity contribution in [2.24, 2.45) is 0 Å². The second-order valence-corrected chi connectivity index (χ2v) is 8.72. The molecule has 0 aliphatic carbocycles. The Morgan fingerprint density at radius 1 is 1.06 bits per heavy atom. The van der Waals surface area contributed by atoms with Crippen LogP contribution in [0.25, 0.3) is 0 Å².